The average molecular weight is 1000 g/mol. The number of pyridine rings is 1. The number of benzene rings is 4. The van der Waals surface area contributed by atoms with Gasteiger partial charge in [-0.1, -0.05) is 71.7 Å². The number of hydrogen-bond acceptors (Lipinski definition) is 10. The molecule has 3 atom stereocenters. The summed E-state index contributed by atoms with van der Waals surface area (Å²) in [6, 6.07) is 28.9. The Morgan fingerprint density at radius 1 is 0.826 bits per heavy atom. The fraction of sp³-hybridized carbons (Fsp3) is 0.385. The summed E-state index contributed by atoms with van der Waals surface area (Å²) in [5.74, 6) is 0.562. The first kappa shape index (κ1) is 48.4. The third-order valence-corrected chi connectivity index (χ3v) is 14.9. The van der Waals surface area contributed by atoms with Crippen LogP contribution in [0.5, 0.6) is 17.2 Å². The van der Waals surface area contributed by atoms with E-state index >= 15 is 0 Å². The molecule has 1 aromatic heterocycles. The Hall–Kier alpha value is -5.61. The predicted octanol–water partition coefficient (Wildman–Crippen LogP) is 10.1. The molecule has 1 saturated carbocycles. The number of piperidine rings is 3. The highest BCUT2D eigenvalue weighted by molar-refractivity contribution is 8.00. The van der Waals surface area contributed by atoms with Crippen molar-refractivity contribution in [2.24, 2.45) is 11.8 Å². The first-order valence-electron chi connectivity index (χ1n) is 23.3. The smallest absolute Gasteiger partial charge is 0.414 e. The highest BCUT2D eigenvalue weighted by Gasteiger charge is 2.39. The number of para-hydroxylation sites is 1. The second kappa shape index (κ2) is 22.4. The summed E-state index contributed by atoms with van der Waals surface area (Å²) in [6.45, 7) is 1.04. The van der Waals surface area contributed by atoms with Crippen molar-refractivity contribution >= 4 is 58.6 Å². The number of aromatic nitrogens is 1. The lowest BCUT2D eigenvalue weighted by molar-refractivity contribution is -0.377. The van der Waals surface area contributed by atoms with E-state index in [2.05, 4.69) is 9.88 Å². The van der Waals surface area contributed by atoms with E-state index < -0.39 is 23.9 Å². The van der Waals surface area contributed by atoms with Crippen molar-refractivity contribution in [3.8, 4) is 17.2 Å². The maximum absolute atomic E-state index is 13.9. The largest absolute Gasteiger partial charge is 0.489 e. The molecule has 2 amide bonds. The maximum atomic E-state index is 13.9. The van der Waals surface area contributed by atoms with Gasteiger partial charge in [0.1, 0.15) is 28.5 Å². The summed E-state index contributed by atoms with van der Waals surface area (Å²) < 4.78 is 55.6. The quantitative estimate of drug-likeness (QED) is 0.0740. The average Bonchev–Trinajstić information content (AvgIpc) is 4.07. The van der Waals surface area contributed by atoms with Crippen molar-refractivity contribution in [1.82, 2.24) is 9.80 Å². The molecule has 5 aromatic rings. The Bertz CT molecular complexity index is 2550. The van der Waals surface area contributed by atoms with Crippen LogP contribution >= 0.6 is 35.0 Å². The number of nitrogens with one attached hydrogen (secondary N) is 1. The Balaban J connectivity index is 0.805. The number of rotatable bonds is 19. The molecule has 4 aromatic carbocycles. The molecule has 5 heterocycles. The van der Waals surface area contributed by atoms with Crippen molar-refractivity contribution in [2.75, 3.05) is 50.0 Å². The fourth-order valence-corrected chi connectivity index (χ4v) is 10.6. The van der Waals surface area contributed by atoms with Gasteiger partial charge in [-0.2, -0.15) is 8.78 Å². The zero-order chi connectivity index (χ0) is 47.9. The van der Waals surface area contributed by atoms with Crippen LogP contribution in [-0.2, 0) is 33.8 Å². The Morgan fingerprint density at radius 2 is 1.55 bits per heavy atom. The molecule has 362 valence electrons. The molecule has 0 spiro atoms. The van der Waals surface area contributed by atoms with Gasteiger partial charge < -0.3 is 28.6 Å². The van der Waals surface area contributed by atoms with Gasteiger partial charge in [0.2, 0.25) is 0 Å². The molecule has 12 nitrogen and oxygen atoms in total. The molecule has 2 bridgehead atoms. The van der Waals surface area contributed by atoms with Crippen LogP contribution in [0, 0.1) is 11.8 Å². The fourth-order valence-electron chi connectivity index (χ4n) is 8.95. The van der Waals surface area contributed by atoms with Gasteiger partial charge in [0.15, 0.2) is 29.3 Å². The zero-order valence-corrected chi connectivity index (χ0v) is 40.1. The van der Waals surface area contributed by atoms with E-state index in [0.29, 0.717) is 69.8 Å². The van der Waals surface area contributed by atoms with Crippen molar-refractivity contribution < 1.29 is 51.8 Å². The molecule has 5 aliphatic rings. The molecule has 69 heavy (non-hydrogen) atoms. The van der Waals surface area contributed by atoms with E-state index in [4.69, 9.17) is 46.9 Å². The van der Waals surface area contributed by atoms with Crippen LogP contribution in [0.15, 0.2) is 109 Å². The predicted molar refractivity (Wildman–Crippen MR) is 258 cm³/mol. The molecular weight excluding hydrogens is 950 g/mol. The number of fused-ring (bicyclic) bond motifs is 3. The number of ether oxygens (including phenoxy) is 5. The topological polar surface area (TPSA) is 121 Å². The van der Waals surface area contributed by atoms with Crippen molar-refractivity contribution in [1.29, 1.82) is 0 Å². The number of anilines is 1. The number of alkyl halides is 2. The number of nitrogens with zero attached hydrogens (tertiary/aromatic N) is 3. The summed E-state index contributed by atoms with van der Waals surface area (Å²) in [7, 11) is 0. The number of carbonyl (C=O) groups is 3. The second-order valence-electron chi connectivity index (χ2n) is 17.8. The number of amides is 2. The number of halogens is 4. The minimum atomic E-state index is -3.05. The van der Waals surface area contributed by atoms with Gasteiger partial charge in [0.25, 0.3) is 5.91 Å². The number of H-pyrrole nitrogens is 1. The summed E-state index contributed by atoms with van der Waals surface area (Å²) in [4.78, 5) is 49.8. The summed E-state index contributed by atoms with van der Waals surface area (Å²) in [6.07, 6.45) is 7.08. The van der Waals surface area contributed by atoms with Crippen LogP contribution in [0.3, 0.4) is 0 Å². The lowest BCUT2D eigenvalue weighted by atomic mass is 9.86. The van der Waals surface area contributed by atoms with Gasteiger partial charge in [0.05, 0.1) is 19.8 Å². The Labute approximate surface area is 414 Å². The Morgan fingerprint density at radius 3 is 2.23 bits per heavy atom. The van der Waals surface area contributed by atoms with E-state index in [1.54, 1.807) is 41.6 Å². The van der Waals surface area contributed by atoms with Crippen molar-refractivity contribution in [3.63, 3.8) is 0 Å². The van der Waals surface area contributed by atoms with Crippen LogP contribution in [0.25, 0.3) is 0 Å². The normalized spacial score (nSPS) is 20.0. The molecule has 1 N–H and O–H groups in total. The second-order valence-corrected chi connectivity index (χ2v) is 19.8. The molecule has 0 unspecified atom stereocenters. The molecular formula is C52H53Cl2F2N4O8S+. The van der Waals surface area contributed by atoms with Gasteiger partial charge in [-0.25, -0.2) is 14.6 Å². The number of hydrogen-bond donors (Lipinski definition) is 0. The van der Waals surface area contributed by atoms with E-state index in [9.17, 15) is 23.2 Å². The number of esters is 1. The van der Waals surface area contributed by atoms with Crippen molar-refractivity contribution in [3.05, 3.63) is 147 Å². The standard InChI is InChI=1S/C52H52Cl2F2N4O8S/c53-43-26-57-27-44(54)42(43)24-39(38-14-17-45(67-51(55)56)46(25-38)65-31-34-6-7-34)32-66-50(62)49-59(22-23-69-49)48(61)37-12-8-35(9-13-37)30-64-41-15-10-33(11-16-41)28-60(40-4-2-1-3-5-40)52(63)68-47-29-58-20-18-36(47)19-21-58/h1-5,8-17,25-27,34,36,39,47,49,51H,6-7,18-24,28-32H2/p+1/t39-,47+,49+/m1/s1. The van der Waals surface area contributed by atoms with Crippen LogP contribution in [0.2, 0.25) is 10.0 Å². The third-order valence-electron chi connectivity index (χ3n) is 13.1. The number of thioether (sulfide) groups is 1. The van der Waals surface area contributed by atoms with E-state index in [1.807, 2.05) is 66.7 Å². The van der Waals surface area contributed by atoms with Gasteiger partial charge in [0, 0.05) is 41.6 Å². The molecule has 17 heteroatoms. The minimum Gasteiger partial charge on any atom is -0.489 e. The van der Waals surface area contributed by atoms with E-state index in [0.717, 1.165) is 62.1 Å². The monoisotopic (exact) mass is 1000 g/mol. The third kappa shape index (κ3) is 12.4. The van der Waals surface area contributed by atoms with Gasteiger partial charge in [-0.05, 0) is 122 Å². The molecule has 5 fully saturated rings. The molecule has 4 saturated heterocycles. The molecule has 10 rings (SSSR count). The van der Waals surface area contributed by atoms with E-state index in [-0.39, 0.29) is 49.2 Å². The highest BCUT2D eigenvalue weighted by Crippen LogP contribution is 2.38. The summed E-state index contributed by atoms with van der Waals surface area (Å²) >= 11 is 14.4. The lowest BCUT2D eigenvalue weighted by Gasteiger charge is -2.44. The SMILES string of the molecule is O=C(OC[C@@H](Cc1c(Cl)c[nH+]cc1Cl)c1ccc(OC(F)F)c(OCC2CC2)c1)[C@@H]1SCCN1C(=O)c1ccc(COc2ccc(CN(C(=O)O[C@H]3CN4CCC3CC4)c3ccccc3)cc2)cc1. The Kier molecular flexibility index (Phi) is 15.7. The van der Waals surface area contributed by atoms with Crippen LogP contribution < -0.4 is 24.1 Å². The minimum absolute atomic E-state index is 0.0964. The zero-order valence-electron chi connectivity index (χ0n) is 37.8. The van der Waals surface area contributed by atoms with E-state index in [1.165, 1.54) is 22.7 Å². The van der Waals surface area contributed by atoms with Gasteiger partial charge in [-0.15, -0.1) is 11.8 Å². The summed E-state index contributed by atoms with van der Waals surface area (Å²) in [5, 5.41) is -0.144. The van der Waals surface area contributed by atoms with Crippen LogP contribution in [-0.4, -0.2) is 91.0 Å². The molecule has 1 aliphatic carbocycles. The first-order chi connectivity index (χ1) is 33.5. The summed E-state index contributed by atoms with van der Waals surface area (Å²) in [5.41, 5.74) is 4.16. The van der Waals surface area contributed by atoms with Gasteiger partial charge in [-0.3, -0.25) is 14.6 Å². The lowest BCUT2D eigenvalue weighted by Crippen LogP contribution is -2.53. The van der Waals surface area contributed by atoms with Crippen molar-refractivity contribution in [2.45, 2.75) is 69.3 Å². The first-order valence-corrected chi connectivity index (χ1v) is 25.1. The number of carbonyl (C=O) groups excluding carboxylic acids is 3. The number of aromatic amines is 1. The highest BCUT2D eigenvalue weighted by atomic mass is 35.5. The van der Waals surface area contributed by atoms with Crippen LogP contribution in [0.4, 0.5) is 19.3 Å². The van der Waals surface area contributed by atoms with Gasteiger partial charge >= 0.3 is 18.7 Å². The molecule has 4 aliphatic heterocycles. The maximum Gasteiger partial charge on any atom is 0.414 e. The molecule has 0 radical (unpaired) electrons. The van der Waals surface area contributed by atoms with Crippen LogP contribution in [0.1, 0.15) is 64.2 Å².